The molecule has 3 nitrogen and oxygen atoms in total. The summed E-state index contributed by atoms with van der Waals surface area (Å²) in [6.07, 6.45) is 4.07. The number of carbonyl (C=O) groups is 1. The quantitative estimate of drug-likeness (QED) is 0.740. The third-order valence-electron chi connectivity index (χ3n) is 4.52. The van der Waals surface area contributed by atoms with E-state index >= 15 is 0 Å². The van der Waals surface area contributed by atoms with Crippen LogP contribution in [0.5, 0.6) is 5.75 Å². The molecule has 1 aromatic carbocycles. The van der Waals surface area contributed by atoms with Crippen LogP contribution in [-0.4, -0.2) is 30.5 Å². The van der Waals surface area contributed by atoms with Gasteiger partial charge in [-0.05, 0) is 56.7 Å². The highest BCUT2D eigenvalue weighted by molar-refractivity contribution is 5.82. The standard InChI is InChI=1S/C19H29NO2/c1-15-8-9-16(2)17(14-15)22-13-7-10-19(3,4)18(21)20-11-5-6-12-20/h8-9,14H,5-7,10-13H2,1-4H3. The average molecular weight is 303 g/mol. The molecule has 1 aliphatic heterocycles. The molecule has 1 saturated heterocycles. The maximum absolute atomic E-state index is 12.5. The average Bonchev–Trinajstić information content (AvgIpc) is 3.00. The van der Waals surface area contributed by atoms with Crippen molar-refractivity contribution in [1.82, 2.24) is 4.90 Å². The first-order valence-electron chi connectivity index (χ1n) is 8.39. The molecule has 0 saturated carbocycles. The SMILES string of the molecule is Cc1ccc(C)c(OCCCC(C)(C)C(=O)N2CCCC2)c1. The highest BCUT2D eigenvalue weighted by atomic mass is 16.5. The number of benzene rings is 1. The van der Waals surface area contributed by atoms with Gasteiger partial charge in [0, 0.05) is 18.5 Å². The number of likely N-dealkylation sites (tertiary alicyclic amines) is 1. The lowest BCUT2D eigenvalue weighted by Gasteiger charge is -2.29. The summed E-state index contributed by atoms with van der Waals surface area (Å²) < 4.78 is 5.89. The normalized spacial score (nSPS) is 15.2. The molecule has 0 aromatic heterocycles. The molecule has 0 aliphatic carbocycles. The molecule has 3 heteroatoms. The Hall–Kier alpha value is -1.51. The van der Waals surface area contributed by atoms with Crippen molar-refractivity contribution in [2.24, 2.45) is 5.41 Å². The third-order valence-corrected chi connectivity index (χ3v) is 4.52. The number of hydrogen-bond donors (Lipinski definition) is 0. The van der Waals surface area contributed by atoms with E-state index < -0.39 is 0 Å². The maximum atomic E-state index is 12.5. The minimum absolute atomic E-state index is 0.282. The molecule has 0 spiro atoms. The van der Waals surface area contributed by atoms with Gasteiger partial charge < -0.3 is 9.64 Å². The second-order valence-corrected chi connectivity index (χ2v) is 7.10. The van der Waals surface area contributed by atoms with Gasteiger partial charge in [0.05, 0.1) is 6.61 Å². The molecular formula is C19H29NO2. The van der Waals surface area contributed by atoms with E-state index in [4.69, 9.17) is 4.74 Å². The molecule has 0 unspecified atom stereocenters. The summed E-state index contributed by atoms with van der Waals surface area (Å²) in [7, 11) is 0. The van der Waals surface area contributed by atoms with Crippen molar-refractivity contribution in [3.63, 3.8) is 0 Å². The van der Waals surface area contributed by atoms with E-state index in [0.717, 1.165) is 50.1 Å². The van der Waals surface area contributed by atoms with Crippen molar-refractivity contribution in [3.8, 4) is 5.75 Å². The van der Waals surface area contributed by atoms with Gasteiger partial charge in [-0.15, -0.1) is 0 Å². The lowest BCUT2D eigenvalue weighted by atomic mass is 9.86. The van der Waals surface area contributed by atoms with Crippen molar-refractivity contribution in [1.29, 1.82) is 0 Å². The molecule has 1 aromatic rings. The highest BCUT2D eigenvalue weighted by Gasteiger charge is 2.32. The van der Waals surface area contributed by atoms with Crippen LogP contribution >= 0.6 is 0 Å². The molecule has 0 bridgehead atoms. The van der Waals surface area contributed by atoms with Crippen LogP contribution in [0, 0.1) is 19.3 Å². The molecule has 122 valence electrons. The Labute approximate surface area is 134 Å². The summed E-state index contributed by atoms with van der Waals surface area (Å²) in [6, 6.07) is 6.27. The van der Waals surface area contributed by atoms with Gasteiger partial charge in [0.15, 0.2) is 0 Å². The van der Waals surface area contributed by atoms with Crippen molar-refractivity contribution in [3.05, 3.63) is 29.3 Å². The lowest BCUT2D eigenvalue weighted by Crippen LogP contribution is -2.39. The Morgan fingerprint density at radius 1 is 1.23 bits per heavy atom. The van der Waals surface area contributed by atoms with Crippen LogP contribution in [0.15, 0.2) is 18.2 Å². The Bertz CT molecular complexity index is 516. The molecule has 0 radical (unpaired) electrons. The summed E-state index contributed by atoms with van der Waals surface area (Å²) in [5, 5.41) is 0. The van der Waals surface area contributed by atoms with Crippen LogP contribution in [0.25, 0.3) is 0 Å². The first-order valence-corrected chi connectivity index (χ1v) is 8.39. The fourth-order valence-electron chi connectivity index (χ4n) is 3.01. The van der Waals surface area contributed by atoms with Crippen molar-refractivity contribution >= 4 is 5.91 Å². The monoisotopic (exact) mass is 303 g/mol. The first-order chi connectivity index (χ1) is 10.4. The Balaban J connectivity index is 1.79. The first kappa shape index (κ1) is 16.9. The van der Waals surface area contributed by atoms with Crippen LogP contribution in [0.1, 0.15) is 50.7 Å². The van der Waals surface area contributed by atoms with Gasteiger partial charge in [0.1, 0.15) is 5.75 Å². The lowest BCUT2D eigenvalue weighted by molar-refractivity contribution is -0.139. The van der Waals surface area contributed by atoms with Crippen LogP contribution in [0.2, 0.25) is 0 Å². The zero-order chi connectivity index (χ0) is 16.2. The molecule has 0 N–H and O–H groups in total. The van der Waals surface area contributed by atoms with Gasteiger partial charge in [-0.3, -0.25) is 4.79 Å². The van der Waals surface area contributed by atoms with Gasteiger partial charge in [-0.2, -0.15) is 0 Å². The van der Waals surface area contributed by atoms with E-state index in [1.165, 1.54) is 5.56 Å². The molecule has 1 fully saturated rings. The number of rotatable bonds is 6. The number of carbonyl (C=O) groups excluding carboxylic acids is 1. The predicted octanol–water partition coefficient (Wildman–Crippen LogP) is 4.11. The summed E-state index contributed by atoms with van der Waals surface area (Å²) in [4.78, 5) is 14.5. The number of nitrogens with zero attached hydrogens (tertiary/aromatic N) is 1. The van der Waals surface area contributed by atoms with E-state index in [-0.39, 0.29) is 5.41 Å². The summed E-state index contributed by atoms with van der Waals surface area (Å²) in [5.74, 6) is 1.26. The highest BCUT2D eigenvalue weighted by Crippen LogP contribution is 2.28. The van der Waals surface area contributed by atoms with Crippen molar-refractivity contribution in [2.45, 2.75) is 53.4 Å². The zero-order valence-electron chi connectivity index (χ0n) is 14.4. The van der Waals surface area contributed by atoms with Crippen LogP contribution in [0.3, 0.4) is 0 Å². The minimum Gasteiger partial charge on any atom is -0.493 e. The Morgan fingerprint density at radius 2 is 1.91 bits per heavy atom. The second-order valence-electron chi connectivity index (χ2n) is 7.10. The molecule has 22 heavy (non-hydrogen) atoms. The zero-order valence-corrected chi connectivity index (χ0v) is 14.4. The summed E-state index contributed by atoms with van der Waals surface area (Å²) >= 11 is 0. The van der Waals surface area contributed by atoms with Crippen LogP contribution in [-0.2, 0) is 4.79 Å². The smallest absolute Gasteiger partial charge is 0.228 e. The molecule has 1 aliphatic rings. The fraction of sp³-hybridized carbons (Fsp3) is 0.632. The predicted molar refractivity (Wildman–Crippen MR) is 90.2 cm³/mol. The van der Waals surface area contributed by atoms with Crippen molar-refractivity contribution < 1.29 is 9.53 Å². The van der Waals surface area contributed by atoms with Crippen LogP contribution in [0.4, 0.5) is 0 Å². The number of aryl methyl sites for hydroxylation is 2. The largest absolute Gasteiger partial charge is 0.493 e. The van der Waals surface area contributed by atoms with Gasteiger partial charge in [-0.1, -0.05) is 26.0 Å². The number of hydrogen-bond acceptors (Lipinski definition) is 2. The summed E-state index contributed by atoms with van der Waals surface area (Å²) in [5.41, 5.74) is 2.10. The number of amides is 1. The molecular weight excluding hydrogens is 274 g/mol. The Kier molecular flexibility index (Phi) is 5.49. The summed E-state index contributed by atoms with van der Waals surface area (Å²) in [6.45, 7) is 10.8. The topological polar surface area (TPSA) is 29.5 Å². The van der Waals surface area contributed by atoms with E-state index in [9.17, 15) is 4.79 Å². The molecule has 1 amide bonds. The maximum Gasteiger partial charge on any atom is 0.228 e. The van der Waals surface area contributed by atoms with Gasteiger partial charge in [-0.25, -0.2) is 0 Å². The molecule has 0 atom stereocenters. The Morgan fingerprint density at radius 3 is 2.59 bits per heavy atom. The van der Waals surface area contributed by atoms with Gasteiger partial charge in [0.2, 0.25) is 5.91 Å². The van der Waals surface area contributed by atoms with Crippen LogP contribution < -0.4 is 4.74 Å². The fourth-order valence-corrected chi connectivity index (χ4v) is 3.01. The van der Waals surface area contributed by atoms with E-state index in [1.54, 1.807) is 0 Å². The molecule has 1 heterocycles. The third kappa shape index (κ3) is 4.25. The van der Waals surface area contributed by atoms with Gasteiger partial charge in [0.25, 0.3) is 0 Å². The van der Waals surface area contributed by atoms with Crippen molar-refractivity contribution in [2.75, 3.05) is 19.7 Å². The van der Waals surface area contributed by atoms with E-state index in [0.29, 0.717) is 12.5 Å². The number of ether oxygens (including phenoxy) is 1. The minimum atomic E-state index is -0.282. The van der Waals surface area contributed by atoms with E-state index in [1.807, 2.05) is 4.90 Å². The molecule has 2 rings (SSSR count). The van der Waals surface area contributed by atoms with E-state index in [2.05, 4.69) is 45.9 Å². The van der Waals surface area contributed by atoms with Gasteiger partial charge >= 0.3 is 0 Å². The second kappa shape index (κ2) is 7.17.